The number of unbranched alkanes of at least 4 members (excludes halogenated alkanes) is 1. The summed E-state index contributed by atoms with van der Waals surface area (Å²) in [4.78, 5) is 0. The average Bonchev–Trinajstić information content (AvgIpc) is 2.37. The van der Waals surface area contributed by atoms with Gasteiger partial charge >= 0.3 is 12.4 Å². The Labute approximate surface area is 158 Å². The van der Waals surface area contributed by atoms with Gasteiger partial charge in [-0.2, -0.15) is 26.3 Å². The first-order valence-electron chi connectivity index (χ1n) is 8.91. The zero-order valence-corrected chi connectivity index (χ0v) is 17.5. The van der Waals surface area contributed by atoms with Gasteiger partial charge in [-0.1, -0.05) is 20.3 Å². The molecule has 0 N–H and O–H groups in total. The second-order valence-corrected chi connectivity index (χ2v) is 11.1. The first kappa shape index (κ1) is 26.5. The lowest BCUT2D eigenvalue weighted by atomic mass is 9.80. The third-order valence-electron chi connectivity index (χ3n) is 4.53. The number of nitrogens with zero attached hydrogens (tertiary/aromatic N) is 1. The Morgan fingerprint density at radius 1 is 0.852 bits per heavy atom. The van der Waals surface area contributed by atoms with Gasteiger partial charge in [0.05, 0.1) is 50.5 Å². The van der Waals surface area contributed by atoms with Gasteiger partial charge in [0.15, 0.2) is 9.84 Å². The molecule has 1 atom stereocenters. The zero-order valence-electron chi connectivity index (χ0n) is 16.7. The molecule has 0 bridgehead atoms. The summed E-state index contributed by atoms with van der Waals surface area (Å²) in [6.07, 6.45) is -10.6. The van der Waals surface area contributed by atoms with Crippen LogP contribution in [0.15, 0.2) is 0 Å². The van der Waals surface area contributed by atoms with Crippen molar-refractivity contribution in [2.75, 3.05) is 39.2 Å². The number of quaternary nitrogens is 1. The van der Waals surface area contributed by atoms with Gasteiger partial charge in [0, 0.05) is 6.42 Å². The van der Waals surface area contributed by atoms with E-state index in [0.29, 0.717) is 17.4 Å². The van der Waals surface area contributed by atoms with E-state index < -0.39 is 46.4 Å². The molecule has 0 fully saturated rings. The highest BCUT2D eigenvalue weighted by Crippen LogP contribution is 2.46. The van der Waals surface area contributed by atoms with Crippen LogP contribution in [0.5, 0.6) is 0 Å². The third kappa shape index (κ3) is 11.2. The molecule has 0 saturated carbocycles. The Kier molecular flexibility index (Phi) is 9.15. The van der Waals surface area contributed by atoms with Crippen molar-refractivity contribution in [2.45, 2.75) is 58.3 Å². The maximum atomic E-state index is 13.1. The molecule has 3 nitrogen and oxygen atoms in total. The summed E-state index contributed by atoms with van der Waals surface area (Å²) >= 11 is 0. The van der Waals surface area contributed by atoms with Gasteiger partial charge in [-0.15, -0.1) is 0 Å². The first-order chi connectivity index (χ1) is 11.8. The highest BCUT2D eigenvalue weighted by molar-refractivity contribution is 7.91. The van der Waals surface area contributed by atoms with Crippen molar-refractivity contribution in [1.82, 2.24) is 0 Å². The fourth-order valence-electron chi connectivity index (χ4n) is 2.69. The molecule has 1 unspecified atom stereocenters. The molecule has 0 amide bonds. The fraction of sp³-hybridized carbons (Fsp3) is 1.00. The lowest BCUT2D eigenvalue weighted by Crippen LogP contribution is -2.38. The Bertz CT molecular complexity index is 547. The predicted molar refractivity (Wildman–Crippen MR) is 94.0 cm³/mol. The summed E-state index contributed by atoms with van der Waals surface area (Å²) in [6, 6.07) is 0. The van der Waals surface area contributed by atoms with E-state index in [1.807, 2.05) is 21.1 Å². The Hall–Kier alpha value is -0.510. The fourth-order valence-corrected chi connectivity index (χ4v) is 4.10. The molecule has 0 heterocycles. The monoisotopic (exact) mass is 428 g/mol. The molecule has 27 heavy (non-hydrogen) atoms. The van der Waals surface area contributed by atoms with E-state index in [2.05, 4.69) is 0 Å². The number of hydrogen-bond donors (Lipinski definition) is 0. The predicted octanol–water partition coefficient (Wildman–Crippen LogP) is 4.82. The molecule has 0 radical (unpaired) electrons. The van der Waals surface area contributed by atoms with E-state index >= 15 is 0 Å². The van der Waals surface area contributed by atoms with E-state index in [0.717, 1.165) is 13.8 Å². The molecule has 0 aromatic heterocycles. The van der Waals surface area contributed by atoms with Gasteiger partial charge in [-0.3, -0.25) is 0 Å². The molecular weight excluding hydrogens is 396 g/mol. The van der Waals surface area contributed by atoms with Crippen LogP contribution >= 0.6 is 0 Å². The van der Waals surface area contributed by atoms with E-state index in [-0.39, 0.29) is 24.3 Å². The minimum atomic E-state index is -4.74. The van der Waals surface area contributed by atoms with Crippen molar-refractivity contribution >= 4 is 9.84 Å². The molecule has 164 valence electrons. The second-order valence-electron chi connectivity index (χ2n) is 8.84. The SMILES string of the molecule is CC(C)(CC(CCCCS(=O)(=O)CCC[N+](C)(C)C)C(F)(F)F)C(F)(F)F. The Morgan fingerprint density at radius 3 is 1.74 bits per heavy atom. The van der Waals surface area contributed by atoms with Crippen molar-refractivity contribution in [2.24, 2.45) is 11.3 Å². The smallest absolute Gasteiger partial charge is 0.331 e. The number of sulfone groups is 1. The number of hydrogen-bond acceptors (Lipinski definition) is 2. The number of halogens is 6. The van der Waals surface area contributed by atoms with Gasteiger partial charge < -0.3 is 4.48 Å². The van der Waals surface area contributed by atoms with Crippen LogP contribution in [0.4, 0.5) is 26.3 Å². The maximum Gasteiger partial charge on any atom is 0.393 e. The van der Waals surface area contributed by atoms with Crippen LogP contribution < -0.4 is 0 Å². The molecule has 10 heteroatoms. The summed E-state index contributed by atoms with van der Waals surface area (Å²) in [7, 11) is 2.40. The minimum absolute atomic E-state index is 0.0196. The summed E-state index contributed by atoms with van der Waals surface area (Å²) in [5.74, 6) is -2.38. The van der Waals surface area contributed by atoms with E-state index in [1.54, 1.807) is 0 Å². The van der Waals surface area contributed by atoms with Gasteiger partial charge in [0.1, 0.15) is 0 Å². The lowest BCUT2D eigenvalue weighted by molar-refractivity contribution is -0.870. The first-order valence-corrected chi connectivity index (χ1v) is 10.7. The van der Waals surface area contributed by atoms with Crippen LogP contribution in [0.25, 0.3) is 0 Å². The minimum Gasteiger partial charge on any atom is -0.331 e. The molecule has 0 aromatic carbocycles. The lowest BCUT2D eigenvalue weighted by Gasteiger charge is -2.32. The zero-order chi connectivity index (χ0) is 21.7. The second kappa shape index (κ2) is 9.33. The van der Waals surface area contributed by atoms with Crippen molar-refractivity contribution in [1.29, 1.82) is 0 Å². The van der Waals surface area contributed by atoms with E-state index in [1.165, 1.54) is 0 Å². The molecular formula is C17H32F6NO2S+. The van der Waals surface area contributed by atoms with Gasteiger partial charge in [0.2, 0.25) is 0 Å². The summed E-state index contributed by atoms with van der Waals surface area (Å²) in [6.45, 7) is 2.16. The highest BCUT2D eigenvalue weighted by Gasteiger charge is 2.52. The van der Waals surface area contributed by atoms with Crippen molar-refractivity contribution in [3.8, 4) is 0 Å². The molecule has 0 aliphatic heterocycles. The van der Waals surface area contributed by atoms with Crippen molar-refractivity contribution in [3.05, 3.63) is 0 Å². The average molecular weight is 429 g/mol. The van der Waals surface area contributed by atoms with E-state index in [9.17, 15) is 34.8 Å². The molecule has 0 aromatic rings. The summed E-state index contributed by atoms with van der Waals surface area (Å²) in [5.41, 5.74) is -2.45. The van der Waals surface area contributed by atoms with Gasteiger partial charge in [-0.25, -0.2) is 8.42 Å². The van der Waals surface area contributed by atoms with Crippen LogP contribution in [0, 0.1) is 11.3 Å². The Morgan fingerprint density at radius 2 is 1.33 bits per heavy atom. The quantitative estimate of drug-likeness (QED) is 0.269. The van der Waals surface area contributed by atoms with Crippen LogP contribution in [-0.4, -0.2) is 64.4 Å². The normalized spacial score (nSPS) is 15.8. The number of rotatable bonds is 11. The topological polar surface area (TPSA) is 34.1 Å². The van der Waals surface area contributed by atoms with Crippen molar-refractivity contribution in [3.63, 3.8) is 0 Å². The van der Waals surface area contributed by atoms with Crippen LogP contribution in [-0.2, 0) is 9.84 Å². The number of alkyl halides is 6. The van der Waals surface area contributed by atoms with Crippen LogP contribution in [0.1, 0.15) is 46.0 Å². The van der Waals surface area contributed by atoms with Crippen LogP contribution in [0.2, 0.25) is 0 Å². The molecule has 0 spiro atoms. The third-order valence-corrected chi connectivity index (χ3v) is 6.35. The van der Waals surface area contributed by atoms with Crippen molar-refractivity contribution < 1.29 is 39.2 Å². The van der Waals surface area contributed by atoms with Crippen LogP contribution in [0.3, 0.4) is 0 Å². The Balaban J connectivity index is 4.59. The molecule has 0 rings (SSSR count). The largest absolute Gasteiger partial charge is 0.393 e. The molecule has 0 aliphatic rings. The standard InChI is InChI=1S/C17H32F6NO2S/c1-15(2,17(21,22)23)13-14(16(18,19)20)9-6-7-11-27(25,26)12-8-10-24(3,4)5/h14H,6-13H2,1-5H3/q+1. The van der Waals surface area contributed by atoms with Gasteiger partial charge in [0.25, 0.3) is 0 Å². The molecule has 0 aliphatic carbocycles. The summed E-state index contributed by atoms with van der Waals surface area (Å²) in [5, 5.41) is 0. The maximum absolute atomic E-state index is 13.1. The molecule has 0 saturated heterocycles. The van der Waals surface area contributed by atoms with Gasteiger partial charge in [-0.05, 0) is 19.3 Å². The van der Waals surface area contributed by atoms with E-state index in [4.69, 9.17) is 0 Å². The summed E-state index contributed by atoms with van der Waals surface area (Å²) < 4.78 is 102. The highest BCUT2D eigenvalue weighted by atomic mass is 32.2.